The molecule has 0 atom stereocenters. The van der Waals surface area contributed by atoms with Gasteiger partial charge in [0.15, 0.2) is 4.67 Å². The Bertz CT molecular complexity index is 723. The molecule has 0 radical (unpaired) electrons. The van der Waals surface area contributed by atoms with Gasteiger partial charge < -0.3 is 10.2 Å². The molecule has 1 aromatic carbocycles. The topological polar surface area (TPSA) is 76.5 Å². The van der Waals surface area contributed by atoms with Gasteiger partial charge >= 0.3 is 0 Å². The van der Waals surface area contributed by atoms with Crippen molar-refractivity contribution in [2.75, 3.05) is 11.4 Å². The van der Waals surface area contributed by atoms with Crippen molar-refractivity contribution in [3.8, 4) is 0 Å². The van der Waals surface area contributed by atoms with Gasteiger partial charge in [-0.3, -0.25) is 4.31 Å². The molecule has 0 unspecified atom stereocenters. The summed E-state index contributed by atoms with van der Waals surface area (Å²) in [5, 5.41) is 0. The van der Waals surface area contributed by atoms with Crippen LogP contribution in [0.1, 0.15) is 18.2 Å². The zero-order chi connectivity index (χ0) is 15.6. The lowest BCUT2D eigenvalue weighted by atomic mass is 10.1. The second kappa shape index (κ2) is 6.21. The van der Waals surface area contributed by atoms with Crippen LogP contribution in [0.3, 0.4) is 0 Å². The molecule has 0 spiro atoms. The van der Waals surface area contributed by atoms with E-state index in [9.17, 15) is 8.42 Å². The quantitative estimate of drug-likeness (QED) is 0.875. The summed E-state index contributed by atoms with van der Waals surface area (Å²) >= 11 is 3.13. The Kier molecular flexibility index (Phi) is 4.75. The number of rotatable bonds is 5. The monoisotopic (exact) mass is 372 g/mol. The van der Waals surface area contributed by atoms with Crippen LogP contribution in [0.25, 0.3) is 0 Å². The molecule has 0 aliphatic carbocycles. The zero-order valence-corrected chi connectivity index (χ0v) is 14.2. The van der Waals surface area contributed by atoms with Crippen LogP contribution in [0.5, 0.6) is 0 Å². The predicted octanol–water partition coefficient (Wildman–Crippen LogP) is 2.89. The van der Waals surface area contributed by atoms with Gasteiger partial charge in [-0.1, -0.05) is 19.1 Å². The van der Waals surface area contributed by atoms with Crippen LogP contribution in [0, 0.1) is 0 Å². The van der Waals surface area contributed by atoms with Gasteiger partial charge in [0, 0.05) is 13.1 Å². The van der Waals surface area contributed by atoms with Gasteiger partial charge in [-0.15, -0.1) is 0 Å². The normalized spacial score (nSPS) is 11.6. The van der Waals surface area contributed by atoms with Gasteiger partial charge in [0.05, 0.1) is 12.2 Å². The fraction of sp³-hybridized carbons (Fsp3) is 0.286. The van der Waals surface area contributed by atoms with E-state index in [0.29, 0.717) is 11.4 Å². The lowest BCUT2D eigenvalue weighted by Gasteiger charge is -2.19. The van der Waals surface area contributed by atoms with Crippen molar-refractivity contribution in [3.05, 3.63) is 46.3 Å². The van der Waals surface area contributed by atoms with E-state index in [0.717, 1.165) is 12.0 Å². The standard InChI is InChI=1S/C14H17BrN2O3S/c1-3-10-4-6-11(7-5-10)17(2)21(18,19)13-8-12(9-16)20-14(13)15/h4-8H,3,9,16H2,1-2H3. The molecule has 0 aliphatic rings. The minimum atomic E-state index is -3.69. The van der Waals surface area contributed by atoms with E-state index >= 15 is 0 Å². The third-order valence-corrected chi connectivity index (χ3v) is 5.90. The Morgan fingerprint density at radius 2 is 1.90 bits per heavy atom. The molecule has 5 nitrogen and oxygen atoms in total. The second-order valence-corrected chi connectivity index (χ2v) is 7.21. The fourth-order valence-corrected chi connectivity index (χ4v) is 4.06. The highest BCUT2D eigenvalue weighted by Crippen LogP contribution is 2.30. The summed E-state index contributed by atoms with van der Waals surface area (Å²) in [6.45, 7) is 2.19. The van der Waals surface area contributed by atoms with Gasteiger partial charge in [0.25, 0.3) is 10.0 Å². The maximum Gasteiger partial charge on any atom is 0.268 e. The molecule has 0 amide bonds. The first-order valence-electron chi connectivity index (χ1n) is 6.46. The van der Waals surface area contributed by atoms with Gasteiger partial charge in [-0.25, -0.2) is 8.42 Å². The third-order valence-electron chi connectivity index (χ3n) is 3.25. The van der Waals surface area contributed by atoms with Crippen molar-refractivity contribution < 1.29 is 12.8 Å². The molecular formula is C14H17BrN2O3S. The Balaban J connectivity index is 2.39. The Morgan fingerprint density at radius 1 is 1.29 bits per heavy atom. The highest BCUT2D eigenvalue weighted by atomic mass is 79.9. The Labute approximate surface area is 132 Å². The summed E-state index contributed by atoms with van der Waals surface area (Å²) in [6, 6.07) is 8.84. The number of anilines is 1. The molecule has 1 aromatic heterocycles. The van der Waals surface area contributed by atoms with E-state index in [1.165, 1.54) is 17.4 Å². The van der Waals surface area contributed by atoms with Crippen molar-refractivity contribution in [1.29, 1.82) is 0 Å². The molecule has 7 heteroatoms. The minimum absolute atomic E-state index is 0.0741. The van der Waals surface area contributed by atoms with Crippen LogP contribution in [-0.2, 0) is 23.0 Å². The lowest BCUT2D eigenvalue weighted by Crippen LogP contribution is -2.26. The number of hydrogen-bond donors (Lipinski definition) is 1. The number of nitrogens with zero attached hydrogens (tertiary/aromatic N) is 1. The molecule has 0 bridgehead atoms. The first-order chi connectivity index (χ1) is 9.90. The molecule has 2 rings (SSSR count). The van der Waals surface area contributed by atoms with Gasteiger partial charge in [-0.2, -0.15) is 0 Å². The smallest absolute Gasteiger partial charge is 0.268 e. The fourth-order valence-electron chi connectivity index (χ4n) is 1.90. The number of hydrogen-bond acceptors (Lipinski definition) is 4. The van der Waals surface area contributed by atoms with E-state index in [4.69, 9.17) is 10.2 Å². The van der Waals surface area contributed by atoms with E-state index in [1.807, 2.05) is 19.1 Å². The Morgan fingerprint density at radius 3 is 2.38 bits per heavy atom. The molecule has 2 N–H and O–H groups in total. The number of halogens is 1. The minimum Gasteiger partial charge on any atom is -0.452 e. The number of furan rings is 1. The molecule has 0 fully saturated rings. The number of benzene rings is 1. The van der Waals surface area contributed by atoms with Crippen molar-refractivity contribution >= 4 is 31.6 Å². The maximum absolute atomic E-state index is 12.6. The van der Waals surface area contributed by atoms with Crippen LogP contribution >= 0.6 is 15.9 Å². The molecular weight excluding hydrogens is 356 g/mol. The molecule has 2 aromatic rings. The molecule has 0 saturated carbocycles. The average Bonchev–Trinajstić information content (AvgIpc) is 2.88. The Hall–Kier alpha value is -1.31. The van der Waals surface area contributed by atoms with E-state index in [-0.39, 0.29) is 16.1 Å². The molecule has 1 heterocycles. The number of nitrogens with two attached hydrogens (primary N) is 1. The van der Waals surface area contributed by atoms with Crippen LogP contribution in [-0.4, -0.2) is 15.5 Å². The molecule has 21 heavy (non-hydrogen) atoms. The largest absolute Gasteiger partial charge is 0.452 e. The summed E-state index contributed by atoms with van der Waals surface area (Å²) in [4.78, 5) is 0.0741. The average molecular weight is 373 g/mol. The first-order valence-corrected chi connectivity index (χ1v) is 8.69. The van der Waals surface area contributed by atoms with Crippen molar-refractivity contribution in [2.24, 2.45) is 5.73 Å². The summed E-state index contributed by atoms with van der Waals surface area (Å²) in [5.74, 6) is 0.412. The van der Waals surface area contributed by atoms with Gasteiger partial charge in [-0.05, 0) is 40.0 Å². The van der Waals surface area contributed by atoms with Crippen LogP contribution in [0.4, 0.5) is 5.69 Å². The molecule has 0 aliphatic heterocycles. The highest BCUT2D eigenvalue weighted by molar-refractivity contribution is 9.10. The van der Waals surface area contributed by atoms with E-state index < -0.39 is 10.0 Å². The van der Waals surface area contributed by atoms with Crippen molar-refractivity contribution in [3.63, 3.8) is 0 Å². The SMILES string of the molecule is CCc1ccc(N(C)S(=O)(=O)c2cc(CN)oc2Br)cc1. The predicted molar refractivity (Wildman–Crippen MR) is 85.7 cm³/mol. The summed E-state index contributed by atoms with van der Waals surface area (Å²) in [5.41, 5.74) is 7.22. The van der Waals surface area contributed by atoms with Crippen LogP contribution < -0.4 is 10.0 Å². The summed E-state index contributed by atoms with van der Waals surface area (Å²) < 4.78 is 31.9. The van der Waals surface area contributed by atoms with Gasteiger partial charge in [0.1, 0.15) is 10.7 Å². The lowest BCUT2D eigenvalue weighted by molar-refractivity contribution is 0.484. The second-order valence-electron chi connectivity index (χ2n) is 4.55. The molecule has 0 saturated heterocycles. The summed E-state index contributed by atoms with van der Waals surface area (Å²) in [6.07, 6.45) is 0.907. The third kappa shape index (κ3) is 3.14. The number of aryl methyl sites for hydroxylation is 1. The van der Waals surface area contributed by atoms with Crippen molar-refractivity contribution in [1.82, 2.24) is 0 Å². The van der Waals surface area contributed by atoms with Crippen LogP contribution in [0.2, 0.25) is 0 Å². The van der Waals surface area contributed by atoms with Crippen molar-refractivity contribution in [2.45, 2.75) is 24.8 Å². The first kappa shape index (κ1) is 16.1. The van der Waals surface area contributed by atoms with Crippen LogP contribution in [0.15, 0.2) is 44.3 Å². The molecule has 114 valence electrons. The zero-order valence-electron chi connectivity index (χ0n) is 11.8. The maximum atomic E-state index is 12.6. The summed E-state index contributed by atoms with van der Waals surface area (Å²) in [7, 11) is -2.18. The van der Waals surface area contributed by atoms with E-state index in [2.05, 4.69) is 15.9 Å². The highest BCUT2D eigenvalue weighted by Gasteiger charge is 2.27. The van der Waals surface area contributed by atoms with Gasteiger partial charge in [0.2, 0.25) is 0 Å². The van der Waals surface area contributed by atoms with E-state index in [1.54, 1.807) is 12.1 Å². The number of sulfonamides is 1.